The molecule has 0 spiro atoms. The van der Waals surface area contributed by atoms with Crippen molar-refractivity contribution in [2.45, 2.75) is 77.9 Å². The Morgan fingerprint density at radius 1 is 0.566 bits per heavy atom. The third kappa shape index (κ3) is 11.0. The number of amides is 2. The molecular weight excluding hydrogens is 665 g/mol. The van der Waals surface area contributed by atoms with E-state index in [1.807, 2.05) is 82.4 Å². The van der Waals surface area contributed by atoms with Crippen LogP contribution in [0.1, 0.15) is 83.5 Å². The second kappa shape index (κ2) is 18.5. The molecule has 0 unspecified atom stereocenters. The van der Waals surface area contributed by atoms with Gasteiger partial charge in [0.25, 0.3) is 0 Å². The number of ether oxygens (including phenoxy) is 1. The molecule has 53 heavy (non-hydrogen) atoms. The number of hydrogen-bond acceptors (Lipinski definition) is 7. The van der Waals surface area contributed by atoms with Crippen molar-refractivity contribution < 1.29 is 14.3 Å². The van der Waals surface area contributed by atoms with Gasteiger partial charge in [-0.3, -0.25) is 19.0 Å². The van der Waals surface area contributed by atoms with Crippen molar-refractivity contribution in [3.05, 3.63) is 166 Å². The van der Waals surface area contributed by atoms with E-state index >= 15 is 0 Å². The van der Waals surface area contributed by atoms with Gasteiger partial charge in [0.2, 0.25) is 11.8 Å². The largest absolute Gasteiger partial charge is 0.369 e. The molecule has 0 bridgehead atoms. The van der Waals surface area contributed by atoms with E-state index in [0.717, 1.165) is 72.4 Å². The number of carbonyl (C=O) groups is 2. The van der Waals surface area contributed by atoms with Gasteiger partial charge in [-0.15, -0.1) is 10.2 Å². The molecule has 2 heterocycles. The number of nitrogens with one attached hydrogen (secondary N) is 2. The molecule has 2 amide bonds. The minimum atomic E-state index is -0.176. The van der Waals surface area contributed by atoms with Crippen molar-refractivity contribution in [1.82, 2.24) is 40.6 Å². The van der Waals surface area contributed by atoms with Gasteiger partial charge in [-0.25, -0.2) is 0 Å². The Bertz CT molecular complexity index is 1880. The first kappa shape index (κ1) is 36.8. The molecule has 11 nitrogen and oxygen atoms in total. The van der Waals surface area contributed by atoms with Crippen molar-refractivity contribution in [3.8, 4) is 0 Å². The molecule has 272 valence electrons. The first-order valence-electron chi connectivity index (χ1n) is 18.1. The van der Waals surface area contributed by atoms with E-state index in [1.54, 1.807) is 13.8 Å². The van der Waals surface area contributed by atoms with E-state index in [2.05, 4.69) is 79.8 Å². The lowest BCUT2D eigenvalue weighted by atomic mass is 9.97. The summed E-state index contributed by atoms with van der Waals surface area (Å²) in [6.45, 7) is 5.27. The highest BCUT2D eigenvalue weighted by Gasteiger charge is 2.16. The number of aromatic nitrogens is 6. The molecule has 0 fully saturated rings. The molecule has 2 N–H and O–H groups in total. The van der Waals surface area contributed by atoms with Gasteiger partial charge in [0, 0.05) is 26.9 Å². The molecule has 2 atom stereocenters. The first-order chi connectivity index (χ1) is 25.9. The van der Waals surface area contributed by atoms with Crippen LogP contribution in [0.25, 0.3) is 0 Å². The van der Waals surface area contributed by atoms with E-state index in [9.17, 15) is 9.59 Å². The molecule has 4 aromatic carbocycles. The molecule has 0 aliphatic rings. The van der Waals surface area contributed by atoms with Gasteiger partial charge in [-0.1, -0.05) is 120 Å². The number of benzene rings is 4. The van der Waals surface area contributed by atoms with Gasteiger partial charge in [0.15, 0.2) is 0 Å². The summed E-state index contributed by atoms with van der Waals surface area (Å²) in [5.41, 5.74) is 8.20. The van der Waals surface area contributed by atoms with E-state index in [1.165, 1.54) is 11.1 Å². The predicted octanol–water partition coefficient (Wildman–Crippen LogP) is 6.30. The van der Waals surface area contributed by atoms with Gasteiger partial charge in [0.05, 0.1) is 37.7 Å². The fourth-order valence-electron chi connectivity index (χ4n) is 6.35. The molecule has 2 aromatic heterocycles. The lowest BCUT2D eigenvalue weighted by Gasteiger charge is -2.19. The van der Waals surface area contributed by atoms with Crippen LogP contribution in [-0.2, 0) is 53.5 Å². The minimum absolute atomic E-state index is 0.0606. The lowest BCUT2D eigenvalue weighted by molar-refractivity contribution is -0.120. The zero-order valence-corrected chi connectivity index (χ0v) is 30.3. The summed E-state index contributed by atoms with van der Waals surface area (Å²) in [6.07, 6.45) is 7.48. The standard InChI is InChI=1S/C42H46N8O3/c1-31(51)43-41(35-13-5-3-6-14-35)37-21-17-33(18-22-37)11-9-25-49-27-39(45-47-49)29-53-30-40-28-50(48-46-40)26-10-12-34-19-23-38(24-20-34)42(44-32(2)52)36-15-7-4-8-16-36/h3-8,13-24,27-28,41-42H,9-12,25-26,29-30H2,1-2H3,(H,43,51)(H,44,52)/t41-,42-/m0/s1. The Kier molecular flexibility index (Phi) is 12.9. The van der Waals surface area contributed by atoms with Crippen LogP contribution in [0.4, 0.5) is 0 Å². The summed E-state index contributed by atoms with van der Waals surface area (Å²) in [7, 11) is 0. The molecule has 0 aliphatic carbocycles. The maximum Gasteiger partial charge on any atom is 0.217 e. The van der Waals surface area contributed by atoms with Crippen LogP contribution >= 0.6 is 0 Å². The molecule has 11 heteroatoms. The van der Waals surface area contributed by atoms with E-state index in [0.29, 0.717) is 13.2 Å². The van der Waals surface area contributed by atoms with Gasteiger partial charge < -0.3 is 15.4 Å². The topological polar surface area (TPSA) is 129 Å². The van der Waals surface area contributed by atoms with Crippen LogP contribution in [0, 0.1) is 0 Å². The smallest absolute Gasteiger partial charge is 0.217 e. The number of hydrogen-bond donors (Lipinski definition) is 2. The zero-order valence-electron chi connectivity index (χ0n) is 30.3. The van der Waals surface area contributed by atoms with Crippen molar-refractivity contribution in [2.24, 2.45) is 0 Å². The molecule has 0 saturated carbocycles. The Hall–Kier alpha value is -5.94. The Balaban J connectivity index is 0.891. The zero-order chi connectivity index (χ0) is 36.8. The second-order valence-electron chi connectivity index (χ2n) is 13.2. The SMILES string of the molecule is CC(=O)N[C@@H](c1ccccc1)c1ccc(CCCn2cc(COCc3cn(CCCc4ccc([C@@H](NC(C)=O)c5ccccc5)cc4)nn3)nn2)cc1. The molecule has 6 rings (SSSR count). The molecule has 0 radical (unpaired) electrons. The highest BCUT2D eigenvalue weighted by molar-refractivity contribution is 5.74. The van der Waals surface area contributed by atoms with E-state index in [-0.39, 0.29) is 23.9 Å². The van der Waals surface area contributed by atoms with Gasteiger partial charge in [-0.2, -0.15) is 0 Å². The fourth-order valence-corrected chi connectivity index (χ4v) is 6.35. The summed E-state index contributed by atoms with van der Waals surface area (Å²) in [5, 5.41) is 23.2. The van der Waals surface area contributed by atoms with E-state index in [4.69, 9.17) is 4.74 Å². The minimum Gasteiger partial charge on any atom is -0.369 e. The first-order valence-corrected chi connectivity index (χ1v) is 18.1. The van der Waals surface area contributed by atoms with Gasteiger partial charge in [-0.05, 0) is 59.1 Å². The third-order valence-electron chi connectivity index (χ3n) is 8.96. The normalized spacial score (nSPS) is 12.3. The second-order valence-corrected chi connectivity index (χ2v) is 13.2. The quantitative estimate of drug-likeness (QED) is 0.107. The van der Waals surface area contributed by atoms with Crippen LogP contribution in [0.15, 0.2) is 122 Å². The number of carbonyl (C=O) groups excluding carboxylic acids is 2. The van der Waals surface area contributed by atoms with Crippen LogP contribution < -0.4 is 10.6 Å². The predicted molar refractivity (Wildman–Crippen MR) is 202 cm³/mol. The van der Waals surface area contributed by atoms with Gasteiger partial charge >= 0.3 is 0 Å². The average molecular weight is 711 g/mol. The summed E-state index contributed by atoms with van der Waals surface area (Å²) in [5.74, 6) is -0.121. The Labute approximate surface area is 310 Å². The Morgan fingerprint density at radius 3 is 1.32 bits per heavy atom. The highest BCUT2D eigenvalue weighted by atomic mass is 16.5. The lowest BCUT2D eigenvalue weighted by Crippen LogP contribution is -2.26. The fraction of sp³-hybridized carbons (Fsp3) is 0.286. The van der Waals surface area contributed by atoms with Crippen LogP contribution in [0.3, 0.4) is 0 Å². The van der Waals surface area contributed by atoms with Crippen LogP contribution in [-0.4, -0.2) is 41.8 Å². The van der Waals surface area contributed by atoms with Crippen molar-refractivity contribution in [2.75, 3.05) is 0 Å². The Morgan fingerprint density at radius 2 is 0.943 bits per heavy atom. The molecular formula is C42H46N8O3. The summed E-state index contributed by atoms with van der Waals surface area (Å²) in [6, 6.07) is 36.5. The monoisotopic (exact) mass is 710 g/mol. The van der Waals surface area contributed by atoms with Crippen molar-refractivity contribution in [3.63, 3.8) is 0 Å². The summed E-state index contributed by atoms with van der Waals surface area (Å²) in [4.78, 5) is 23.7. The maximum atomic E-state index is 11.9. The maximum absolute atomic E-state index is 11.9. The van der Waals surface area contributed by atoms with E-state index < -0.39 is 0 Å². The summed E-state index contributed by atoms with van der Waals surface area (Å²) < 4.78 is 9.57. The molecule has 0 aliphatic heterocycles. The number of aryl methyl sites for hydroxylation is 4. The molecule has 0 saturated heterocycles. The van der Waals surface area contributed by atoms with Crippen LogP contribution in [0.5, 0.6) is 0 Å². The summed E-state index contributed by atoms with van der Waals surface area (Å²) >= 11 is 0. The average Bonchev–Trinajstić information content (AvgIpc) is 3.83. The number of rotatable bonds is 18. The van der Waals surface area contributed by atoms with Crippen molar-refractivity contribution in [1.29, 1.82) is 0 Å². The highest BCUT2D eigenvalue weighted by Crippen LogP contribution is 2.24. The third-order valence-corrected chi connectivity index (χ3v) is 8.96. The van der Waals surface area contributed by atoms with Crippen LogP contribution in [0.2, 0.25) is 0 Å². The molecule has 6 aromatic rings. The van der Waals surface area contributed by atoms with Gasteiger partial charge in [0.1, 0.15) is 11.4 Å². The number of nitrogens with zero attached hydrogens (tertiary/aromatic N) is 6. The van der Waals surface area contributed by atoms with Crippen molar-refractivity contribution >= 4 is 11.8 Å².